The zero-order valence-electron chi connectivity index (χ0n) is 2.98. The topological polar surface area (TPSA) is 23.1 Å². The fourth-order valence-corrected chi connectivity index (χ4v) is 0.386. The summed E-state index contributed by atoms with van der Waals surface area (Å²) in [7, 11) is 3.50. The molecule has 0 bridgehead atoms. The van der Waals surface area contributed by atoms with Crippen molar-refractivity contribution >= 4 is 21.1 Å². The Bertz CT molecular complexity index is 74.9. The third kappa shape index (κ3) is 4.12. The monoisotopic (exact) mass is 122 g/mol. The highest BCUT2D eigenvalue weighted by Gasteiger charge is 1.85. The first-order valence-electron chi connectivity index (χ1n) is 1.20. The summed E-state index contributed by atoms with van der Waals surface area (Å²) < 4.78 is 9.76. The van der Waals surface area contributed by atoms with E-state index in [0.29, 0.717) is 0 Å². The van der Waals surface area contributed by atoms with Crippen molar-refractivity contribution in [3.05, 3.63) is 17.7 Å². The Morgan fingerprint density at radius 2 is 2.50 bits per heavy atom. The predicted molar refractivity (Wildman–Crippen MR) is 27.7 cm³/mol. The van der Waals surface area contributed by atoms with Crippen molar-refractivity contribution in [1.82, 2.24) is 0 Å². The van der Waals surface area contributed by atoms with E-state index < -0.39 is 10.4 Å². The van der Waals surface area contributed by atoms with E-state index in [1.54, 1.807) is 0 Å². The molecule has 0 radical (unpaired) electrons. The van der Waals surface area contributed by atoms with Crippen molar-refractivity contribution in [3.63, 3.8) is 0 Å². The highest BCUT2D eigenvalue weighted by Crippen LogP contribution is 1.94. The first-order valence-corrected chi connectivity index (χ1v) is 3.24. The van der Waals surface area contributed by atoms with Gasteiger partial charge in [-0.2, -0.15) is 0 Å². The van der Waals surface area contributed by atoms with Gasteiger partial charge in [-0.05, 0) is 0 Å². The minimum Gasteiger partial charge on any atom is -0.594 e. The highest BCUT2D eigenvalue weighted by atomic mass is 35.7. The van der Waals surface area contributed by atoms with Crippen molar-refractivity contribution in [2.75, 3.05) is 0 Å². The fourth-order valence-electron chi connectivity index (χ4n) is 0.0655. The van der Waals surface area contributed by atoms with Gasteiger partial charge in [0.15, 0.2) is 16.1 Å². The lowest BCUT2D eigenvalue weighted by Gasteiger charge is -1.82. The minimum atomic E-state index is -1.39. The van der Waals surface area contributed by atoms with Crippen molar-refractivity contribution in [3.8, 4) is 0 Å². The van der Waals surface area contributed by atoms with E-state index in [1.165, 1.54) is 5.41 Å². The molecular formula is C3H3ClOS. The molecule has 0 aromatic carbocycles. The Kier molecular flexibility index (Phi) is 3.38. The van der Waals surface area contributed by atoms with Gasteiger partial charge in [0.1, 0.15) is 10.4 Å². The average molecular weight is 123 g/mol. The standard InChI is InChI=1S/C3H3ClOS/c1-2-3-6(4)5/h3H,1H2. The van der Waals surface area contributed by atoms with Gasteiger partial charge in [-0.1, -0.05) is 12.3 Å². The second-order valence-electron chi connectivity index (χ2n) is 0.570. The lowest BCUT2D eigenvalue weighted by atomic mass is 11.0. The molecule has 3 heteroatoms. The molecule has 0 saturated carbocycles. The molecule has 0 aliphatic rings. The molecule has 1 atom stereocenters. The van der Waals surface area contributed by atoms with Crippen LogP contribution in [0.1, 0.15) is 0 Å². The Morgan fingerprint density at radius 3 is 2.50 bits per heavy atom. The molecule has 1 nitrogen and oxygen atoms in total. The molecule has 0 aliphatic heterocycles. The van der Waals surface area contributed by atoms with E-state index in [4.69, 9.17) is 10.7 Å². The maximum atomic E-state index is 9.76. The van der Waals surface area contributed by atoms with Crippen LogP contribution >= 0.6 is 10.7 Å². The molecule has 0 heterocycles. The van der Waals surface area contributed by atoms with Crippen molar-refractivity contribution in [2.24, 2.45) is 0 Å². The predicted octanol–water partition coefficient (Wildman–Crippen LogP) is 1.19. The van der Waals surface area contributed by atoms with Crippen LogP contribution in [0.2, 0.25) is 0 Å². The Morgan fingerprint density at radius 1 is 2.00 bits per heavy atom. The van der Waals surface area contributed by atoms with Gasteiger partial charge < -0.3 is 4.55 Å². The van der Waals surface area contributed by atoms with Crippen LogP contribution < -0.4 is 0 Å². The van der Waals surface area contributed by atoms with E-state index >= 15 is 0 Å². The van der Waals surface area contributed by atoms with Crippen LogP contribution in [0.3, 0.4) is 0 Å². The summed E-state index contributed by atoms with van der Waals surface area (Å²) in [5.74, 6) is 0. The summed E-state index contributed by atoms with van der Waals surface area (Å²) >= 11 is 0. The van der Waals surface area contributed by atoms with Gasteiger partial charge in [0, 0.05) is 0 Å². The molecule has 0 aromatic heterocycles. The van der Waals surface area contributed by atoms with Gasteiger partial charge in [-0.15, -0.1) is 0 Å². The Balaban J connectivity index is 3.29. The molecule has 0 aliphatic carbocycles. The molecule has 6 heavy (non-hydrogen) atoms. The van der Waals surface area contributed by atoms with Crippen molar-refractivity contribution in [2.45, 2.75) is 0 Å². The van der Waals surface area contributed by atoms with Gasteiger partial charge in [0.25, 0.3) is 0 Å². The maximum Gasteiger partial charge on any atom is 0.181 e. The molecule has 0 fully saturated rings. The van der Waals surface area contributed by atoms with Crippen LogP contribution in [0.4, 0.5) is 0 Å². The van der Waals surface area contributed by atoms with Crippen LogP contribution in [-0.4, -0.2) is 4.55 Å². The lowest BCUT2D eigenvalue weighted by Crippen LogP contribution is -1.75. The molecule has 0 amide bonds. The van der Waals surface area contributed by atoms with Gasteiger partial charge >= 0.3 is 0 Å². The zero-order chi connectivity index (χ0) is 4.99. The van der Waals surface area contributed by atoms with Gasteiger partial charge in [-0.3, -0.25) is 0 Å². The van der Waals surface area contributed by atoms with Crippen LogP contribution in [0.15, 0.2) is 17.7 Å². The van der Waals surface area contributed by atoms with Gasteiger partial charge in [0.05, 0.1) is 0 Å². The molecule has 0 spiro atoms. The van der Waals surface area contributed by atoms with Crippen molar-refractivity contribution in [1.29, 1.82) is 0 Å². The van der Waals surface area contributed by atoms with E-state index in [1.807, 2.05) is 0 Å². The fraction of sp³-hybridized carbons (Fsp3) is 0. The van der Waals surface area contributed by atoms with Gasteiger partial charge in [0.2, 0.25) is 0 Å². The van der Waals surface area contributed by atoms with Crippen molar-refractivity contribution < 1.29 is 4.55 Å². The quantitative estimate of drug-likeness (QED) is 0.379. The number of hydrogen-bond donors (Lipinski definition) is 0. The van der Waals surface area contributed by atoms with E-state index in [9.17, 15) is 4.55 Å². The average Bonchev–Trinajstić information content (AvgIpc) is 1.35. The first kappa shape index (κ1) is 6.12. The van der Waals surface area contributed by atoms with E-state index in [2.05, 4.69) is 12.3 Å². The summed E-state index contributed by atoms with van der Waals surface area (Å²) in [4.78, 5) is 0. The Hall–Kier alpha value is 0.120. The third-order valence-electron chi connectivity index (χ3n) is 0.176. The maximum absolute atomic E-state index is 9.76. The smallest absolute Gasteiger partial charge is 0.181 e. The molecule has 0 saturated heterocycles. The molecule has 34 valence electrons. The van der Waals surface area contributed by atoms with Crippen LogP contribution in [0.5, 0.6) is 0 Å². The lowest BCUT2D eigenvalue weighted by molar-refractivity contribution is 0.616. The normalized spacial score (nSPS) is 12.3. The summed E-state index contributed by atoms with van der Waals surface area (Å²) in [6, 6.07) is 0. The SMILES string of the molecule is C=C=C[S+]([O-])Cl. The number of rotatable bonds is 1. The van der Waals surface area contributed by atoms with Crippen LogP contribution in [0, 0.1) is 0 Å². The third-order valence-corrected chi connectivity index (χ3v) is 0.795. The Labute approximate surface area is 44.0 Å². The molecule has 0 rings (SSSR count). The second kappa shape index (κ2) is 3.32. The number of hydrogen-bond acceptors (Lipinski definition) is 1. The number of halogens is 1. The largest absolute Gasteiger partial charge is 0.594 e. The minimum absolute atomic E-state index is 1.17. The molecular weight excluding hydrogens is 120 g/mol. The molecule has 0 aromatic rings. The molecule has 1 unspecified atom stereocenters. The highest BCUT2D eigenvalue weighted by molar-refractivity contribution is 8.16. The first-order chi connectivity index (χ1) is 2.77. The van der Waals surface area contributed by atoms with Gasteiger partial charge in [-0.25, -0.2) is 0 Å². The summed E-state index contributed by atoms with van der Waals surface area (Å²) in [5.41, 5.74) is 2.26. The van der Waals surface area contributed by atoms with Crippen LogP contribution in [0.25, 0.3) is 0 Å². The molecule has 0 N–H and O–H groups in total. The second-order valence-corrected chi connectivity index (χ2v) is 2.22. The van der Waals surface area contributed by atoms with E-state index in [-0.39, 0.29) is 0 Å². The van der Waals surface area contributed by atoms with E-state index in [0.717, 1.165) is 0 Å². The zero-order valence-corrected chi connectivity index (χ0v) is 4.55. The summed E-state index contributed by atoms with van der Waals surface area (Å²) in [6.07, 6.45) is 0. The summed E-state index contributed by atoms with van der Waals surface area (Å²) in [5, 5.41) is 1.17. The van der Waals surface area contributed by atoms with Crippen LogP contribution in [-0.2, 0) is 10.4 Å². The summed E-state index contributed by atoms with van der Waals surface area (Å²) in [6.45, 7) is 3.14.